The Hall–Kier alpha value is -3.61. The van der Waals surface area contributed by atoms with Crippen LogP contribution in [0, 0.1) is 0 Å². The molecule has 0 atom stereocenters. The summed E-state index contributed by atoms with van der Waals surface area (Å²) < 4.78 is 5.77. The van der Waals surface area contributed by atoms with Crippen molar-refractivity contribution in [3.63, 3.8) is 0 Å². The van der Waals surface area contributed by atoms with E-state index in [9.17, 15) is 0 Å². The van der Waals surface area contributed by atoms with Crippen molar-refractivity contribution in [1.82, 2.24) is 28.9 Å². The molecule has 4 aromatic rings. The van der Waals surface area contributed by atoms with Crippen molar-refractivity contribution in [2.24, 2.45) is 14.1 Å². The van der Waals surface area contributed by atoms with Crippen LogP contribution in [0.25, 0.3) is 34.2 Å². The smallest absolute Gasteiger partial charge is 0.160 e. The van der Waals surface area contributed by atoms with Crippen LogP contribution >= 0.6 is 0 Å². The standard InChI is InChI=1S/C20H21N7/c1-5-8-27-19(15-10-23-26(4)12-15)11-21-20(27)14(2)24-16-6-7-18-17(9-16)22-13-25(18)3/h5-13,24H,2H2,1,3-4H3/b8-5-. The molecule has 0 aliphatic rings. The van der Waals surface area contributed by atoms with E-state index in [1.807, 2.05) is 85.5 Å². The molecule has 1 N–H and O–H groups in total. The highest BCUT2D eigenvalue weighted by molar-refractivity contribution is 5.83. The van der Waals surface area contributed by atoms with Gasteiger partial charge in [-0.25, -0.2) is 9.97 Å². The molecule has 0 fully saturated rings. The molecule has 0 amide bonds. The Bertz CT molecular complexity index is 1160. The van der Waals surface area contributed by atoms with Crippen molar-refractivity contribution in [1.29, 1.82) is 0 Å². The number of nitrogens with zero attached hydrogens (tertiary/aromatic N) is 6. The second kappa shape index (κ2) is 6.60. The Kier molecular flexibility index (Phi) is 4.12. The number of allylic oxidation sites excluding steroid dienone is 1. The number of fused-ring (bicyclic) bond motifs is 1. The maximum absolute atomic E-state index is 4.58. The van der Waals surface area contributed by atoms with Gasteiger partial charge in [-0.1, -0.05) is 12.7 Å². The molecule has 7 nitrogen and oxygen atoms in total. The van der Waals surface area contributed by atoms with Crippen molar-refractivity contribution < 1.29 is 0 Å². The highest BCUT2D eigenvalue weighted by Gasteiger charge is 2.14. The van der Waals surface area contributed by atoms with Crippen LogP contribution in [-0.2, 0) is 14.1 Å². The van der Waals surface area contributed by atoms with E-state index in [0.717, 1.165) is 33.8 Å². The van der Waals surface area contributed by atoms with Gasteiger partial charge in [-0.3, -0.25) is 9.25 Å². The SMILES string of the molecule is C=C(Nc1ccc2c(c1)ncn2C)c1ncc(-c2cnn(C)c2)n1/C=C\C. The minimum atomic E-state index is 0.707. The molecule has 0 spiro atoms. The second-order valence-corrected chi connectivity index (χ2v) is 6.38. The van der Waals surface area contributed by atoms with Gasteiger partial charge in [0.15, 0.2) is 5.82 Å². The number of aromatic nitrogens is 6. The first-order chi connectivity index (χ1) is 13.1. The third-order valence-corrected chi connectivity index (χ3v) is 4.39. The first kappa shape index (κ1) is 16.8. The molecule has 7 heteroatoms. The zero-order valence-electron chi connectivity index (χ0n) is 15.6. The quantitative estimate of drug-likeness (QED) is 0.589. The molecule has 27 heavy (non-hydrogen) atoms. The molecule has 3 heterocycles. The van der Waals surface area contributed by atoms with Crippen molar-refractivity contribution in [2.45, 2.75) is 6.92 Å². The summed E-state index contributed by atoms with van der Waals surface area (Å²) in [7, 11) is 3.88. The zero-order valence-corrected chi connectivity index (χ0v) is 15.6. The Labute approximate surface area is 157 Å². The van der Waals surface area contributed by atoms with Crippen LogP contribution in [0.15, 0.2) is 55.8 Å². The molecule has 4 rings (SSSR count). The van der Waals surface area contributed by atoms with Crippen LogP contribution in [0.1, 0.15) is 12.7 Å². The monoisotopic (exact) mass is 359 g/mol. The van der Waals surface area contributed by atoms with Crippen molar-refractivity contribution in [3.8, 4) is 11.3 Å². The number of nitrogens with one attached hydrogen (secondary N) is 1. The molecule has 0 aliphatic heterocycles. The molecular weight excluding hydrogens is 338 g/mol. The second-order valence-electron chi connectivity index (χ2n) is 6.38. The minimum Gasteiger partial charge on any atom is -0.353 e. The lowest BCUT2D eigenvalue weighted by Crippen LogP contribution is -2.04. The molecule has 0 unspecified atom stereocenters. The number of aryl methyl sites for hydroxylation is 2. The number of hydrogen-bond donors (Lipinski definition) is 1. The highest BCUT2D eigenvalue weighted by Crippen LogP contribution is 2.26. The fourth-order valence-electron chi connectivity index (χ4n) is 3.10. The number of hydrogen-bond acceptors (Lipinski definition) is 4. The van der Waals surface area contributed by atoms with E-state index >= 15 is 0 Å². The van der Waals surface area contributed by atoms with E-state index in [-0.39, 0.29) is 0 Å². The van der Waals surface area contributed by atoms with Crippen LogP contribution < -0.4 is 5.32 Å². The molecule has 0 saturated heterocycles. The molecule has 136 valence electrons. The number of benzene rings is 1. The number of anilines is 1. The van der Waals surface area contributed by atoms with E-state index in [0.29, 0.717) is 5.70 Å². The average molecular weight is 359 g/mol. The highest BCUT2D eigenvalue weighted by atomic mass is 15.2. The largest absolute Gasteiger partial charge is 0.353 e. The molecule has 1 aromatic carbocycles. The Morgan fingerprint density at radius 3 is 2.78 bits per heavy atom. The van der Waals surface area contributed by atoms with Gasteiger partial charge in [0, 0.05) is 37.7 Å². The van der Waals surface area contributed by atoms with E-state index in [2.05, 4.69) is 27.0 Å². The summed E-state index contributed by atoms with van der Waals surface area (Å²) >= 11 is 0. The molecule has 3 aromatic heterocycles. The summed E-state index contributed by atoms with van der Waals surface area (Å²) in [4.78, 5) is 8.98. The molecule has 0 radical (unpaired) electrons. The zero-order chi connectivity index (χ0) is 19.0. The molecule has 0 aliphatic carbocycles. The fourth-order valence-corrected chi connectivity index (χ4v) is 3.10. The summed E-state index contributed by atoms with van der Waals surface area (Å²) in [6.45, 7) is 6.16. The van der Waals surface area contributed by atoms with Gasteiger partial charge in [0.2, 0.25) is 0 Å². The van der Waals surface area contributed by atoms with E-state index in [1.165, 1.54) is 0 Å². The Morgan fingerprint density at radius 2 is 2.04 bits per heavy atom. The number of rotatable bonds is 5. The van der Waals surface area contributed by atoms with Gasteiger partial charge in [-0.15, -0.1) is 0 Å². The Morgan fingerprint density at radius 1 is 1.19 bits per heavy atom. The first-order valence-electron chi connectivity index (χ1n) is 8.63. The van der Waals surface area contributed by atoms with Crippen LogP contribution in [0.4, 0.5) is 5.69 Å². The molecular formula is C20H21N7. The van der Waals surface area contributed by atoms with Gasteiger partial charge in [-0.2, -0.15) is 5.10 Å². The van der Waals surface area contributed by atoms with Gasteiger partial charge in [0.25, 0.3) is 0 Å². The summed E-state index contributed by atoms with van der Waals surface area (Å²) in [5, 5.41) is 7.60. The van der Waals surface area contributed by atoms with Gasteiger partial charge >= 0.3 is 0 Å². The first-order valence-corrected chi connectivity index (χ1v) is 8.63. The topological polar surface area (TPSA) is 65.5 Å². The molecule has 0 saturated carbocycles. The predicted molar refractivity (Wildman–Crippen MR) is 109 cm³/mol. The normalized spacial score (nSPS) is 11.5. The predicted octanol–water partition coefficient (Wildman–Crippen LogP) is 3.74. The lowest BCUT2D eigenvalue weighted by molar-refractivity contribution is 0.768. The van der Waals surface area contributed by atoms with Crippen molar-refractivity contribution >= 4 is 28.6 Å². The van der Waals surface area contributed by atoms with Crippen molar-refractivity contribution in [2.75, 3.05) is 5.32 Å². The minimum absolute atomic E-state index is 0.707. The summed E-state index contributed by atoms with van der Waals surface area (Å²) in [5.74, 6) is 0.744. The maximum Gasteiger partial charge on any atom is 0.160 e. The number of imidazole rings is 2. The summed E-state index contributed by atoms with van der Waals surface area (Å²) in [6, 6.07) is 6.06. The van der Waals surface area contributed by atoms with Crippen LogP contribution in [0.2, 0.25) is 0 Å². The lowest BCUT2D eigenvalue weighted by atomic mass is 10.2. The average Bonchev–Trinajstić information content (AvgIpc) is 3.34. The van der Waals surface area contributed by atoms with E-state index in [4.69, 9.17) is 0 Å². The Balaban J connectivity index is 1.67. The van der Waals surface area contributed by atoms with Gasteiger partial charge in [0.1, 0.15) is 0 Å². The van der Waals surface area contributed by atoms with Crippen LogP contribution in [0.3, 0.4) is 0 Å². The van der Waals surface area contributed by atoms with Gasteiger partial charge in [-0.05, 0) is 25.1 Å². The van der Waals surface area contributed by atoms with E-state index in [1.54, 1.807) is 4.68 Å². The lowest BCUT2D eigenvalue weighted by Gasteiger charge is -2.11. The third-order valence-electron chi connectivity index (χ3n) is 4.39. The molecule has 0 bridgehead atoms. The van der Waals surface area contributed by atoms with Crippen LogP contribution in [0.5, 0.6) is 0 Å². The maximum atomic E-state index is 4.58. The van der Waals surface area contributed by atoms with E-state index < -0.39 is 0 Å². The third kappa shape index (κ3) is 3.03. The van der Waals surface area contributed by atoms with Crippen molar-refractivity contribution in [3.05, 3.63) is 61.6 Å². The van der Waals surface area contributed by atoms with Gasteiger partial charge < -0.3 is 9.88 Å². The summed E-state index contributed by atoms with van der Waals surface area (Å²) in [6.07, 6.45) is 11.4. The van der Waals surface area contributed by atoms with Crippen LogP contribution in [-0.4, -0.2) is 28.9 Å². The fraction of sp³-hybridized carbons (Fsp3) is 0.150. The van der Waals surface area contributed by atoms with Gasteiger partial charge in [0.05, 0.1) is 41.1 Å². The summed E-state index contributed by atoms with van der Waals surface area (Å²) in [5.41, 5.74) is 5.60.